The van der Waals surface area contributed by atoms with Crippen LogP contribution in [0.3, 0.4) is 0 Å². The molecule has 7 nitrogen and oxygen atoms in total. The number of carbonyl (C=O) groups is 2. The second kappa shape index (κ2) is 9.25. The van der Waals surface area contributed by atoms with Crippen molar-refractivity contribution in [3.8, 4) is 0 Å². The van der Waals surface area contributed by atoms with Gasteiger partial charge in [0.15, 0.2) is 0 Å². The molecule has 2 amide bonds. The van der Waals surface area contributed by atoms with E-state index in [9.17, 15) is 9.59 Å². The number of aromatic nitrogens is 1. The van der Waals surface area contributed by atoms with E-state index < -0.39 is 5.97 Å². The van der Waals surface area contributed by atoms with Gasteiger partial charge in [0.05, 0.1) is 17.2 Å². The van der Waals surface area contributed by atoms with E-state index >= 15 is 0 Å². The number of hydrogen-bond acceptors (Lipinski definition) is 5. The molecule has 0 spiro atoms. The third kappa shape index (κ3) is 4.94. The van der Waals surface area contributed by atoms with Gasteiger partial charge in [-0.1, -0.05) is 33.6 Å². The van der Waals surface area contributed by atoms with E-state index in [4.69, 9.17) is 16.3 Å². The topological polar surface area (TPSA) is 74.8 Å². The number of urea groups is 1. The van der Waals surface area contributed by atoms with E-state index in [1.165, 1.54) is 6.20 Å². The fraction of sp³-hybridized carbons (Fsp3) is 0.316. The highest BCUT2D eigenvalue weighted by Gasteiger charge is 2.24. The summed E-state index contributed by atoms with van der Waals surface area (Å²) in [6, 6.07) is 8.88. The summed E-state index contributed by atoms with van der Waals surface area (Å²) in [5.41, 5.74) is 1.06. The fourth-order valence-corrected chi connectivity index (χ4v) is 3.56. The lowest BCUT2D eigenvalue weighted by Gasteiger charge is -2.35. The smallest absolute Gasteiger partial charge is 0.339 e. The summed E-state index contributed by atoms with van der Waals surface area (Å²) in [6.45, 7) is 4.30. The number of pyridine rings is 1. The molecule has 1 aliphatic rings. The molecule has 1 fully saturated rings. The molecule has 0 radical (unpaired) electrons. The number of hydrogen-bond donors (Lipinski definition) is 1. The van der Waals surface area contributed by atoms with Crippen LogP contribution in [0.5, 0.6) is 0 Å². The maximum atomic E-state index is 12.5. The van der Waals surface area contributed by atoms with Crippen LogP contribution in [0.15, 0.2) is 41.0 Å². The van der Waals surface area contributed by atoms with Crippen molar-refractivity contribution in [3.05, 3.63) is 51.6 Å². The third-order valence-electron chi connectivity index (χ3n) is 4.28. The van der Waals surface area contributed by atoms with Crippen LogP contribution in [0.25, 0.3) is 0 Å². The standard InChI is InChI=1S/C19H20BrClN4O3/c1-2-28-18(26)13-10-16(21)17(22-12-13)24-6-8-25(9-7-24)19(27)23-15-5-3-4-14(20)11-15/h3-5,10-12H,2,6-9H2,1H3,(H,23,27). The average molecular weight is 468 g/mol. The van der Waals surface area contributed by atoms with Gasteiger partial charge in [0.2, 0.25) is 0 Å². The Morgan fingerprint density at radius 2 is 2.00 bits per heavy atom. The summed E-state index contributed by atoms with van der Waals surface area (Å²) in [5.74, 6) is 0.152. The third-order valence-corrected chi connectivity index (χ3v) is 5.05. The molecule has 0 atom stereocenters. The van der Waals surface area contributed by atoms with Crippen molar-refractivity contribution >= 4 is 51.0 Å². The summed E-state index contributed by atoms with van der Waals surface area (Å²) in [5, 5.41) is 3.28. The quantitative estimate of drug-likeness (QED) is 0.687. The zero-order chi connectivity index (χ0) is 20.1. The lowest BCUT2D eigenvalue weighted by molar-refractivity contribution is 0.0526. The second-order valence-corrected chi connectivity index (χ2v) is 7.49. The zero-order valence-corrected chi connectivity index (χ0v) is 17.7. The Balaban J connectivity index is 1.59. The Hall–Kier alpha value is -2.32. The van der Waals surface area contributed by atoms with Gasteiger partial charge in [0.1, 0.15) is 5.82 Å². The Morgan fingerprint density at radius 3 is 2.64 bits per heavy atom. The monoisotopic (exact) mass is 466 g/mol. The van der Waals surface area contributed by atoms with E-state index in [0.29, 0.717) is 49.2 Å². The van der Waals surface area contributed by atoms with Crippen molar-refractivity contribution in [2.24, 2.45) is 0 Å². The number of rotatable bonds is 4. The molecule has 28 heavy (non-hydrogen) atoms. The minimum absolute atomic E-state index is 0.144. The predicted molar refractivity (Wildman–Crippen MR) is 112 cm³/mol. The molecule has 0 aliphatic carbocycles. The van der Waals surface area contributed by atoms with E-state index in [2.05, 4.69) is 26.2 Å². The first-order valence-corrected chi connectivity index (χ1v) is 10.0. The summed E-state index contributed by atoms with van der Waals surface area (Å²) >= 11 is 9.71. The number of nitrogens with one attached hydrogen (secondary N) is 1. The van der Waals surface area contributed by atoms with Crippen molar-refractivity contribution in [1.29, 1.82) is 0 Å². The Kier molecular flexibility index (Phi) is 6.74. The van der Waals surface area contributed by atoms with Crippen LogP contribution in [0, 0.1) is 0 Å². The number of anilines is 2. The van der Waals surface area contributed by atoms with Gasteiger partial charge in [0.25, 0.3) is 0 Å². The minimum atomic E-state index is -0.447. The van der Waals surface area contributed by atoms with Crippen molar-refractivity contribution in [2.75, 3.05) is 43.0 Å². The SMILES string of the molecule is CCOC(=O)c1cnc(N2CCN(C(=O)Nc3cccc(Br)c3)CC2)c(Cl)c1. The Labute approximate surface area is 176 Å². The van der Waals surface area contributed by atoms with E-state index in [0.717, 1.165) is 10.2 Å². The molecule has 0 unspecified atom stereocenters. The van der Waals surface area contributed by atoms with Gasteiger partial charge in [-0.2, -0.15) is 0 Å². The van der Waals surface area contributed by atoms with Gasteiger partial charge in [-0.15, -0.1) is 0 Å². The first kappa shape index (κ1) is 20.4. The van der Waals surface area contributed by atoms with Gasteiger partial charge in [-0.05, 0) is 31.2 Å². The highest BCUT2D eigenvalue weighted by Crippen LogP contribution is 2.25. The molecule has 1 aliphatic heterocycles. The van der Waals surface area contributed by atoms with Crippen molar-refractivity contribution in [2.45, 2.75) is 6.92 Å². The van der Waals surface area contributed by atoms with Crippen LogP contribution in [0.2, 0.25) is 5.02 Å². The number of halogens is 2. The average Bonchev–Trinajstić information content (AvgIpc) is 2.68. The lowest BCUT2D eigenvalue weighted by Crippen LogP contribution is -2.50. The first-order chi connectivity index (χ1) is 13.5. The summed E-state index contributed by atoms with van der Waals surface area (Å²) in [6.07, 6.45) is 1.46. The number of ether oxygens (including phenoxy) is 1. The van der Waals surface area contributed by atoms with E-state index in [1.807, 2.05) is 29.2 Å². The number of nitrogens with zero attached hydrogens (tertiary/aromatic N) is 3. The van der Waals surface area contributed by atoms with Gasteiger partial charge >= 0.3 is 12.0 Å². The molecule has 148 valence electrons. The van der Waals surface area contributed by atoms with Crippen molar-refractivity contribution in [3.63, 3.8) is 0 Å². The van der Waals surface area contributed by atoms with Crippen LogP contribution >= 0.6 is 27.5 Å². The molecule has 2 aromatic rings. The number of carbonyl (C=O) groups excluding carboxylic acids is 2. The Morgan fingerprint density at radius 1 is 1.25 bits per heavy atom. The minimum Gasteiger partial charge on any atom is -0.462 e. The molecular formula is C19H20BrClN4O3. The highest BCUT2D eigenvalue weighted by molar-refractivity contribution is 9.10. The van der Waals surface area contributed by atoms with Crippen LogP contribution in [0.1, 0.15) is 17.3 Å². The predicted octanol–water partition coefficient (Wildman–Crippen LogP) is 4.03. The molecular weight excluding hydrogens is 448 g/mol. The lowest BCUT2D eigenvalue weighted by atomic mass is 10.2. The maximum absolute atomic E-state index is 12.5. The molecule has 1 aromatic heterocycles. The summed E-state index contributed by atoms with van der Waals surface area (Å²) in [4.78, 5) is 32.3. The van der Waals surface area contributed by atoms with Crippen molar-refractivity contribution in [1.82, 2.24) is 9.88 Å². The normalized spacial score (nSPS) is 14.0. The maximum Gasteiger partial charge on any atom is 0.339 e. The molecule has 1 N–H and O–H groups in total. The number of esters is 1. The summed E-state index contributed by atoms with van der Waals surface area (Å²) in [7, 11) is 0. The molecule has 1 aromatic carbocycles. The number of piperazine rings is 1. The van der Waals surface area contributed by atoms with Crippen LogP contribution in [-0.2, 0) is 4.74 Å². The molecule has 0 saturated carbocycles. The Bertz CT molecular complexity index is 872. The van der Waals surface area contributed by atoms with E-state index in [-0.39, 0.29) is 6.03 Å². The first-order valence-electron chi connectivity index (χ1n) is 8.87. The van der Waals surface area contributed by atoms with Crippen LogP contribution in [0.4, 0.5) is 16.3 Å². The fourth-order valence-electron chi connectivity index (χ4n) is 2.88. The van der Waals surface area contributed by atoms with Crippen LogP contribution in [-0.4, -0.2) is 54.7 Å². The second-order valence-electron chi connectivity index (χ2n) is 6.16. The highest BCUT2D eigenvalue weighted by atomic mass is 79.9. The van der Waals surface area contributed by atoms with Gasteiger partial charge in [-0.25, -0.2) is 14.6 Å². The largest absolute Gasteiger partial charge is 0.462 e. The van der Waals surface area contributed by atoms with E-state index in [1.54, 1.807) is 17.9 Å². The van der Waals surface area contributed by atoms with Crippen LogP contribution < -0.4 is 10.2 Å². The van der Waals surface area contributed by atoms with Crippen molar-refractivity contribution < 1.29 is 14.3 Å². The summed E-state index contributed by atoms with van der Waals surface area (Å²) < 4.78 is 5.86. The molecule has 9 heteroatoms. The number of benzene rings is 1. The zero-order valence-electron chi connectivity index (χ0n) is 15.3. The van der Waals surface area contributed by atoms with Gasteiger partial charge in [0, 0.05) is 42.5 Å². The molecule has 0 bridgehead atoms. The van der Waals surface area contributed by atoms with Gasteiger partial charge in [-0.3, -0.25) is 0 Å². The molecule has 2 heterocycles. The van der Waals surface area contributed by atoms with Gasteiger partial charge < -0.3 is 19.9 Å². The molecule has 3 rings (SSSR count). The molecule has 1 saturated heterocycles. The number of amides is 2.